The lowest BCUT2D eigenvalue weighted by atomic mass is 10.1. The van der Waals surface area contributed by atoms with E-state index in [1.54, 1.807) is 4.90 Å². The molecule has 0 radical (unpaired) electrons. The molecule has 0 bridgehead atoms. The molecule has 0 spiro atoms. The maximum Gasteiger partial charge on any atom is 0.416 e. The zero-order valence-corrected chi connectivity index (χ0v) is 16.9. The van der Waals surface area contributed by atoms with Gasteiger partial charge in [0.2, 0.25) is 0 Å². The summed E-state index contributed by atoms with van der Waals surface area (Å²) in [7, 11) is 0. The van der Waals surface area contributed by atoms with Crippen LogP contribution in [-0.4, -0.2) is 51.9 Å². The molecule has 2 heterocycles. The molecule has 4 rings (SSSR count). The first-order valence-electron chi connectivity index (χ1n) is 9.12. The van der Waals surface area contributed by atoms with Crippen LogP contribution in [0.5, 0.6) is 0 Å². The molecule has 2 aromatic carbocycles. The van der Waals surface area contributed by atoms with Gasteiger partial charge in [-0.3, -0.25) is 9.69 Å². The molecule has 29 heavy (non-hydrogen) atoms. The van der Waals surface area contributed by atoms with Crippen LogP contribution in [0.4, 0.5) is 13.2 Å². The maximum atomic E-state index is 12.7. The summed E-state index contributed by atoms with van der Waals surface area (Å²) in [5, 5.41) is 0. The van der Waals surface area contributed by atoms with Crippen LogP contribution in [0.1, 0.15) is 21.7 Å². The summed E-state index contributed by atoms with van der Waals surface area (Å²) in [6.07, 6.45) is -4.32. The lowest BCUT2D eigenvalue weighted by molar-refractivity contribution is -0.137. The summed E-state index contributed by atoms with van der Waals surface area (Å²) >= 11 is 3.40. The monoisotopic (exact) mass is 466 g/mol. The Balaban J connectivity index is 1.35. The number of imidazole rings is 1. The first kappa shape index (κ1) is 19.9. The summed E-state index contributed by atoms with van der Waals surface area (Å²) in [5.41, 5.74) is 1.70. The number of carbonyl (C=O) groups excluding carboxylic acids is 1. The van der Waals surface area contributed by atoms with E-state index in [0.29, 0.717) is 38.5 Å². The van der Waals surface area contributed by atoms with E-state index in [0.717, 1.165) is 33.2 Å². The van der Waals surface area contributed by atoms with E-state index in [4.69, 9.17) is 0 Å². The largest absolute Gasteiger partial charge is 0.416 e. The third-order valence-corrected chi connectivity index (χ3v) is 5.49. The highest BCUT2D eigenvalue weighted by Crippen LogP contribution is 2.29. The molecular weight excluding hydrogens is 449 g/mol. The number of benzene rings is 2. The number of piperazine rings is 1. The number of amides is 1. The Morgan fingerprint density at radius 1 is 1.07 bits per heavy atom. The van der Waals surface area contributed by atoms with Crippen molar-refractivity contribution in [3.63, 3.8) is 0 Å². The second kappa shape index (κ2) is 7.79. The molecule has 0 aliphatic carbocycles. The number of halogens is 4. The highest BCUT2D eigenvalue weighted by atomic mass is 79.9. The predicted octanol–water partition coefficient (Wildman–Crippen LogP) is 4.30. The molecule has 9 heteroatoms. The molecule has 1 aliphatic heterocycles. The Morgan fingerprint density at radius 2 is 1.76 bits per heavy atom. The first-order chi connectivity index (χ1) is 13.8. The van der Waals surface area contributed by atoms with Crippen LogP contribution in [0.3, 0.4) is 0 Å². The van der Waals surface area contributed by atoms with Crippen LogP contribution < -0.4 is 0 Å². The minimum absolute atomic E-state index is 0.147. The Morgan fingerprint density at radius 3 is 2.41 bits per heavy atom. The molecule has 1 aromatic heterocycles. The van der Waals surface area contributed by atoms with Crippen molar-refractivity contribution in [2.75, 3.05) is 26.2 Å². The van der Waals surface area contributed by atoms with Crippen LogP contribution >= 0.6 is 15.9 Å². The van der Waals surface area contributed by atoms with E-state index >= 15 is 0 Å². The number of carbonyl (C=O) groups is 1. The molecule has 0 atom stereocenters. The smallest absolute Gasteiger partial charge is 0.334 e. The number of H-pyrrole nitrogens is 1. The number of aromatic nitrogens is 2. The van der Waals surface area contributed by atoms with Gasteiger partial charge in [0.05, 0.1) is 16.6 Å². The zero-order chi connectivity index (χ0) is 20.6. The van der Waals surface area contributed by atoms with E-state index in [9.17, 15) is 18.0 Å². The number of fused-ring (bicyclic) bond motifs is 1. The minimum atomic E-state index is -4.32. The highest BCUT2D eigenvalue weighted by Gasteiger charge is 2.30. The standard InChI is InChI=1S/C20H18BrF3N4O/c21-15-5-6-16-17(11-15)26-18(25-16)19(29)28-9-7-27(8-10-28)12-13-1-3-14(4-2-13)20(22,23)24/h1-6,11H,7-10,12H2,(H,25,26). The van der Waals surface area contributed by atoms with Crippen LogP contribution in [-0.2, 0) is 12.7 Å². The fourth-order valence-electron chi connectivity index (χ4n) is 3.40. The van der Waals surface area contributed by atoms with E-state index in [1.807, 2.05) is 18.2 Å². The third kappa shape index (κ3) is 4.45. The quantitative estimate of drug-likeness (QED) is 0.625. The summed E-state index contributed by atoms with van der Waals surface area (Å²) in [5.74, 6) is 0.167. The van der Waals surface area contributed by atoms with Crippen molar-refractivity contribution in [3.05, 3.63) is 63.9 Å². The van der Waals surface area contributed by atoms with E-state index in [1.165, 1.54) is 12.1 Å². The molecule has 1 amide bonds. The van der Waals surface area contributed by atoms with Crippen molar-refractivity contribution in [2.45, 2.75) is 12.7 Å². The lowest BCUT2D eigenvalue weighted by Gasteiger charge is -2.34. The average Bonchev–Trinajstić information content (AvgIpc) is 3.11. The predicted molar refractivity (Wildman–Crippen MR) is 106 cm³/mol. The van der Waals surface area contributed by atoms with Gasteiger partial charge in [-0.15, -0.1) is 0 Å². The second-order valence-corrected chi connectivity index (χ2v) is 7.93. The van der Waals surface area contributed by atoms with Gasteiger partial charge >= 0.3 is 6.18 Å². The number of aromatic amines is 1. The average molecular weight is 467 g/mol. The topological polar surface area (TPSA) is 52.2 Å². The number of hydrogen-bond donors (Lipinski definition) is 1. The molecule has 3 aromatic rings. The van der Waals surface area contributed by atoms with Gasteiger partial charge in [-0.2, -0.15) is 13.2 Å². The molecule has 0 unspecified atom stereocenters. The Labute approximate surface area is 173 Å². The first-order valence-corrected chi connectivity index (χ1v) is 9.92. The summed E-state index contributed by atoms with van der Waals surface area (Å²) < 4.78 is 38.9. The Kier molecular flexibility index (Phi) is 5.35. The van der Waals surface area contributed by atoms with Gasteiger partial charge in [0.15, 0.2) is 5.82 Å². The molecule has 1 saturated heterocycles. The Bertz CT molecular complexity index is 1020. The van der Waals surface area contributed by atoms with Crippen molar-refractivity contribution >= 4 is 32.9 Å². The van der Waals surface area contributed by atoms with Gasteiger partial charge in [0, 0.05) is 37.2 Å². The van der Waals surface area contributed by atoms with Gasteiger partial charge in [0.25, 0.3) is 5.91 Å². The maximum absolute atomic E-state index is 12.7. The molecule has 5 nitrogen and oxygen atoms in total. The van der Waals surface area contributed by atoms with Gasteiger partial charge in [-0.25, -0.2) is 4.98 Å². The van der Waals surface area contributed by atoms with Gasteiger partial charge < -0.3 is 9.88 Å². The molecule has 1 aliphatic rings. The zero-order valence-electron chi connectivity index (χ0n) is 15.3. The summed E-state index contributed by atoms with van der Waals surface area (Å²) in [6, 6.07) is 10.8. The number of hydrogen-bond acceptors (Lipinski definition) is 3. The highest BCUT2D eigenvalue weighted by molar-refractivity contribution is 9.10. The van der Waals surface area contributed by atoms with E-state index in [-0.39, 0.29) is 5.91 Å². The minimum Gasteiger partial charge on any atom is -0.334 e. The van der Waals surface area contributed by atoms with Crippen LogP contribution in [0.25, 0.3) is 11.0 Å². The molecular formula is C20H18BrF3N4O. The normalized spacial score (nSPS) is 15.8. The molecule has 1 fully saturated rings. The summed E-state index contributed by atoms with van der Waals surface area (Å²) in [6.45, 7) is 2.94. The summed E-state index contributed by atoms with van der Waals surface area (Å²) in [4.78, 5) is 24.1. The van der Waals surface area contributed by atoms with Gasteiger partial charge in [0.1, 0.15) is 0 Å². The number of rotatable bonds is 3. The molecule has 0 saturated carbocycles. The molecule has 152 valence electrons. The lowest BCUT2D eigenvalue weighted by Crippen LogP contribution is -2.48. The molecule has 1 N–H and O–H groups in total. The van der Waals surface area contributed by atoms with E-state index in [2.05, 4.69) is 30.8 Å². The van der Waals surface area contributed by atoms with Crippen molar-refractivity contribution in [3.8, 4) is 0 Å². The van der Waals surface area contributed by atoms with Crippen LogP contribution in [0.15, 0.2) is 46.9 Å². The van der Waals surface area contributed by atoms with Crippen LogP contribution in [0.2, 0.25) is 0 Å². The van der Waals surface area contributed by atoms with Crippen molar-refractivity contribution in [2.24, 2.45) is 0 Å². The van der Waals surface area contributed by atoms with Crippen molar-refractivity contribution in [1.29, 1.82) is 0 Å². The fraction of sp³-hybridized carbons (Fsp3) is 0.300. The SMILES string of the molecule is O=C(c1nc2ccc(Br)cc2[nH]1)N1CCN(Cc2ccc(C(F)(F)F)cc2)CC1. The van der Waals surface area contributed by atoms with Gasteiger partial charge in [-0.05, 0) is 35.9 Å². The van der Waals surface area contributed by atoms with Gasteiger partial charge in [-0.1, -0.05) is 28.1 Å². The number of alkyl halides is 3. The van der Waals surface area contributed by atoms with Crippen molar-refractivity contribution < 1.29 is 18.0 Å². The number of nitrogens with zero attached hydrogens (tertiary/aromatic N) is 3. The van der Waals surface area contributed by atoms with Crippen molar-refractivity contribution in [1.82, 2.24) is 19.8 Å². The Hall–Kier alpha value is -2.39. The third-order valence-electron chi connectivity index (χ3n) is 4.99. The number of nitrogens with one attached hydrogen (secondary N) is 1. The van der Waals surface area contributed by atoms with E-state index < -0.39 is 11.7 Å². The van der Waals surface area contributed by atoms with Crippen LogP contribution in [0, 0.1) is 0 Å². The fourth-order valence-corrected chi connectivity index (χ4v) is 3.76. The second-order valence-electron chi connectivity index (χ2n) is 7.01.